The van der Waals surface area contributed by atoms with Gasteiger partial charge in [-0.1, -0.05) is 0 Å². The molecule has 0 aromatic heterocycles. The third kappa shape index (κ3) is 3.91. The van der Waals surface area contributed by atoms with Crippen molar-refractivity contribution in [1.82, 2.24) is 9.80 Å². The van der Waals surface area contributed by atoms with Gasteiger partial charge in [0.15, 0.2) is 11.5 Å². The minimum absolute atomic E-state index is 0.142. The van der Waals surface area contributed by atoms with E-state index in [1.54, 1.807) is 19.1 Å². The summed E-state index contributed by atoms with van der Waals surface area (Å²) in [6.45, 7) is 3.07. The van der Waals surface area contributed by atoms with Gasteiger partial charge in [-0.3, -0.25) is 9.69 Å². The van der Waals surface area contributed by atoms with E-state index in [0.717, 1.165) is 11.1 Å². The van der Waals surface area contributed by atoms with Crippen LogP contribution >= 0.6 is 0 Å². The first-order valence-electron chi connectivity index (χ1n) is 7.62. The van der Waals surface area contributed by atoms with Crippen molar-refractivity contribution in [2.75, 3.05) is 34.9 Å². The second kappa shape index (κ2) is 7.01. The number of likely N-dealkylation sites (N-methyl/N-ethyl adjacent to an activating group) is 2. The molecule has 1 aliphatic carbocycles. The van der Waals surface area contributed by atoms with E-state index in [0.29, 0.717) is 30.6 Å². The molecule has 0 atom stereocenters. The SMILES string of the molecule is COc1cc(C)c(CN(C)C(=O)CN(C)C2CC2)cc1OC. The number of carbonyl (C=O) groups excluding carboxylic acids is 1. The lowest BCUT2D eigenvalue weighted by atomic mass is 10.1. The van der Waals surface area contributed by atoms with Crippen molar-refractivity contribution >= 4 is 5.91 Å². The second-order valence-corrected chi connectivity index (χ2v) is 6.03. The van der Waals surface area contributed by atoms with Crippen LogP contribution in [0.25, 0.3) is 0 Å². The molecule has 0 aliphatic heterocycles. The van der Waals surface area contributed by atoms with Gasteiger partial charge in [-0.15, -0.1) is 0 Å². The number of hydrogen-bond acceptors (Lipinski definition) is 4. The van der Waals surface area contributed by atoms with Crippen molar-refractivity contribution in [3.63, 3.8) is 0 Å². The van der Waals surface area contributed by atoms with Gasteiger partial charge in [0.25, 0.3) is 0 Å². The molecule has 0 heterocycles. The average molecular weight is 306 g/mol. The molecule has 1 aromatic carbocycles. The van der Waals surface area contributed by atoms with Crippen molar-refractivity contribution < 1.29 is 14.3 Å². The van der Waals surface area contributed by atoms with Crippen LogP contribution in [0, 0.1) is 6.92 Å². The summed E-state index contributed by atoms with van der Waals surface area (Å²) >= 11 is 0. The fourth-order valence-electron chi connectivity index (χ4n) is 2.52. The first-order valence-corrected chi connectivity index (χ1v) is 7.62. The van der Waals surface area contributed by atoms with Crippen molar-refractivity contribution in [2.24, 2.45) is 0 Å². The highest BCUT2D eigenvalue weighted by molar-refractivity contribution is 5.78. The quantitative estimate of drug-likeness (QED) is 0.773. The highest BCUT2D eigenvalue weighted by Gasteiger charge is 2.28. The zero-order valence-corrected chi connectivity index (χ0v) is 14.2. The summed E-state index contributed by atoms with van der Waals surface area (Å²) in [6.07, 6.45) is 2.42. The molecule has 2 rings (SSSR count). The monoisotopic (exact) mass is 306 g/mol. The van der Waals surface area contributed by atoms with Crippen LogP contribution < -0.4 is 9.47 Å². The number of amides is 1. The lowest BCUT2D eigenvalue weighted by Gasteiger charge is -2.23. The molecule has 122 valence electrons. The van der Waals surface area contributed by atoms with Crippen molar-refractivity contribution in [3.8, 4) is 11.5 Å². The minimum atomic E-state index is 0.142. The van der Waals surface area contributed by atoms with Crippen LogP contribution in [0.15, 0.2) is 12.1 Å². The molecule has 5 heteroatoms. The van der Waals surface area contributed by atoms with E-state index >= 15 is 0 Å². The Kier molecular flexibility index (Phi) is 5.29. The van der Waals surface area contributed by atoms with Gasteiger partial charge in [-0.2, -0.15) is 0 Å². The Morgan fingerprint density at radius 2 is 1.77 bits per heavy atom. The third-order valence-corrected chi connectivity index (χ3v) is 4.23. The van der Waals surface area contributed by atoms with Gasteiger partial charge in [-0.05, 0) is 50.1 Å². The highest BCUT2D eigenvalue weighted by Crippen LogP contribution is 2.31. The summed E-state index contributed by atoms with van der Waals surface area (Å²) in [4.78, 5) is 16.2. The van der Waals surface area contributed by atoms with E-state index in [9.17, 15) is 4.79 Å². The Balaban J connectivity index is 2.03. The maximum Gasteiger partial charge on any atom is 0.236 e. The summed E-state index contributed by atoms with van der Waals surface area (Å²) < 4.78 is 10.6. The van der Waals surface area contributed by atoms with E-state index in [1.165, 1.54) is 12.8 Å². The molecule has 0 radical (unpaired) electrons. The molecule has 0 N–H and O–H groups in total. The molecule has 22 heavy (non-hydrogen) atoms. The molecule has 0 bridgehead atoms. The molecule has 1 fully saturated rings. The van der Waals surface area contributed by atoms with Crippen molar-refractivity contribution in [2.45, 2.75) is 32.4 Å². The van der Waals surface area contributed by atoms with Gasteiger partial charge in [0.1, 0.15) is 0 Å². The predicted molar refractivity (Wildman–Crippen MR) is 86.4 cm³/mol. The fraction of sp³-hybridized carbons (Fsp3) is 0.588. The van der Waals surface area contributed by atoms with Crippen LogP contribution in [-0.4, -0.2) is 56.6 Å². The van der Waals surface area contributed by atoms with Gasteiger partial charge in [0.2, 0.25) is 5.91 Å². The molecular formula is C17H26N2O3. The fourth-order valence-corrected chi connectivity index (χ4v) is 2.52. The van der Waals surface area contributed by atoms with E-state index in [4.69, 9.17) is 9.47 Å². The van der Waals surface area contributed by atoms with E-state index in [1.807, 2.05) is 33.2 Å². The number of aryl methyl sites for hydroxylation is 1. The topological polar surface area (TPSA) is 42.0 Å². The Hall–Kier alpha value is -1.75. The number of rotatable bonds is 7. The Labute approximate surface area is 132 Å². The molecule has 1 aromatic rings. The first kappa shape index (κ1) is 16.6. The summed E-state index contributed by atoms with van der Waals surface area (Å²) in [5.41, 5.74) is 2.16. The van der Waals surface area contributed by atoms with Crippen LogP contribution in [0.3, 0.4) is 0 Å². The summed E-state index contributed by atoms with van der Waals surface area (Å²) in [5, 5.41) is 0. The summed E-state index contributed by atoms with van der Waals surface area (Å²) in [5.74, 6) is 1.55. The molecule has 5 nitrogen and oxygen atoms in total. The number of ether oxygens (including phenoxy) is 2. The van der Waals surface area contributed by atoms with Crippen LogP contribution in [-0.2, 0) is 11.3 Å². The van der Waals surface area contributed by atoms with Gasteiger partial charge in [-0.25, -0.2) is 0 Å². The normalized spacial score (nSPS) is 14.1. The molecule has 1 saturated carbocycles. The zero-order chi connectivity index (χ0) is 16.3. The molecule has 0 unspecified atom stereocenters. The first-order chi connectivity index (χ1) is 10.5. The third-order valence-electron chi connectivity index (χ3n) is 4.23. The number of nitrogens with zero attached hydrogens (tertiary/aromatic N) is 2. The van der Waals surface area contributed by atoms with Crippen molar-refractivity contribution in [3.05, 3.63) is 23.3 Å². The Bertz CT molecular complexity index is 541. The minimum Gasteiger partial charge on any atom is -0.493 e. The number of carbonyl (C=O) groups is 1. The van der Waals surface area contributed by atoms with Gasteiger partial charge in [0, 0.05) is 19.6 Å². The molecule has 0 spiro atoms. The maximum atomic E-state index is 12.3. The standard InChI is InChI=1S/C17H26N2O3/c1-12-8-15(21-4)16(22-5)9-13(12)10-19(3)17(20)11-18(2)14-6-7-14/h8-9,14H,6-7,10-11H2,1-5H3. The van der Waals surface area contributed by atoms with Gasteiger partial charge < -0.3 is 14.4 Å². The van der Waals surface area contributed by atoms with E-state index in [2.05, 4.69) is 4.90 Å². The molecule has 1 amide bonds. The number of hydrogen-bond donors (Lipinski definition) is 0. The number of benzene rings is 1. The lowest BCUT2D eigenvalue weighted by Crippen LogP contribution is -2.37. The van der Waals surface area contributed by atoms with Crippen LogP contribution in [0.2, 0.25) is 0 Å². The summed E-state index contributed by atoms with van der Waals surface area (Å²) in [7, 11) is 7.11. The lowest BCUT2D eigenvalue weighted by molar-refractivity contribution is -0.131. The molecule has 1 aliphatic rings. The van der Waals surface area contributed by atoms with E-state index < -0.39 is 0 Å². The van der Waals surface area contributed by atoms with Crippen LogP contribution in [0.4, 0.5) is 0 Å². The predicted octanol–water partition coefficient (Wildman–Crippen LogP) is 2.06. The number of methoxy groups -OCH3 is 2. The maximum absolute atomic E-state index is 12.3. The smallest absolute Gasteiger partial charge is 0.236 e. The Morgan fingerprint density at radius 1 is 1.18 bits per heavy atom. The molecule has 0 saturated heterocycles. The average Bonchev–Trinajstić information content (AvgIpc) is 3.33. The second-order valence-electron chi connectivity index (χ2n) is 6.03. The van der Waals surface area contributed by atoms with Crippen molar-refractivity contribution in [1.29, 1.82) is 0 Å². The largest absolute Gasteiger partial charge is 0.493 e. The van der Waals surface area contributed by atoms with E-state index in [-0.39, 0.29) is 5.91 Å². The zero-order valence-electron chi connectivity index (χ0n) is 14.2. The van der Waals surface area contributed by atoms with Gasteiger partial charge >= 0.3 is 0 Å². The Morgan fingerprint density at radius 3 is 2.32 bits per heavy atom. The van der Waals surface area contributed by atoms with Crippen LogP contribution in [0.1, 0.15) is 24.0 Å². The summed E-state index contributed by atoms with van der Waals surface area (Å²) in [6, 6.07) is 4.49. The van der Waals surface area contributed by atoms with Crippen LogP contribution in [0.5, 0.6) is 11.5 Å². The highest BCUT2D eigenvalue weighted by atomic mass is 16.5. The molecular weight excluding hydrogens is 280 g/mol. The van der Waals surface area contributed by atoms with Gasteiger partial charge in [0.05, 0.1) is 20.8 Å².